The second kappa shape index (κ2) is 5.27. The molecule has 1 aromatic carbocycles. The van der Waals surface area contributed by atoms with Gasteiger partial charge in [0.1, 0.15) is 5.75 Å². The van der Waals surface area contributed by atoms with E-state index in [2.05, 4.69) is 50.5 Å². The molecule has 0 aliphatic rings. The first-order valence-corrected chi connectivity index (χ1v) is 6.11. The summed E-state index contributed by atoms with van der Waals surface area (Å²) in [7, 11) is 1.67. The van der Waals surface area contributed by atoms with Crippen molar-refractivity contribution in [2.24, 2.45) is 0 Å². The molecule has 0 saturated carbocycles. The maximum absolute atomic E-state index is 5.34. The molecule has 6 heteroatoms. The molecule has 17 heavy (non-hydrogen) atoms. The zero-order chi connectivity index (χ0) is 12.3. The Morgan fingerprint density at radius 2 is 2.24 bits per heavy atom. The number of nitrogens with zero attached hydrogens (tertiary/aromatic N) is 4. The van der Waals surface area contributed by atoms with Crippen LogP contribution >= 0.6 is 15.9 Å². The van der Waals surface area contributed by atoms with Crippen LogP contribution in [0, 0.1) is 0 Å². The van der Waals surface area contributed by atoms with Crippen molar-refractivity contribution in [1.29, 1.82) is 0 Å². The quantitative estimate of drug-likeness (QED) is 0.866. The summed E-state index contributed by atoms with van der Waals surface area (Å²) in [5.41, 5.74) is 2.34. The summed E-state index contributed by atoms with van der Waals surface area (Å²) in [5.74, 6) is 0.851. The summed E-state index contributed by atoms with van der Waals surface area (Å²) in [6.07, 6.45) is 0.994. The second-order valence-corrected chi connectivity index (χ2v) is 4.31. The highest BCUT2D eigenvalue weighted by Crippen LogP contribution is 2.21. The van der Waals surface area contributed by atoms with Crippen LogP contribution in [0.2, 0.25) is 0 Å². The summed E-state index contributed by atoms with van der Waals surface area (Å²) < 4.78 is 7.63. The van der Waals surface area contributed by atoms with Crippen LogP contribution in [-0.4, -0.2) is 27.3 Å². The van der Waals surface area contributed by atoms with E-state index in [0.29, 0.717) is 11.3 Å². The van der Waals surface area contributed by atoms with Crippen molar-refractivity contribution >= 4 is 15.9 Å². The van der Waals surface area contributed by atoms with Crippen molar-refractivity contribution in [3.05, 3.63) is 34.1 Å². The largest absolute Gasteiger partial charge is 0.496 e. The van der Waals surface area contributed by atoms with Crippen LogP contribution in [0.25, 0.3) is 0 Å². The lowest BCUT2D eigenvalue weighted by Gasteiger charge is -2.10. The fraction of sp³-hybridized carbons (Fsp3) is 0.364. The highest BCUT2D eigenvalue weighted by Gasteiger charge is 2.08. The van der Waals surface area contributed by atoms with E-state index in [0.717, 1.165) is 17.7 Å². The Labute approximate surface area is 108 Å². The fourth-order valence-electron chi connectivity index (χ4n) is 1.63. The number of halogens is 1. The number of aromatic nitrogens is 4. The number of benzene rings is 1. The van der Waals surface area contributed by atoms with Crippen LogP contribution in [0.4, 0.5) is 0 Å². The molecule has 0 radical (unpaired) electrons. The third-order valence-electron chi connectivity index (χ3n) is 2.56. The van der Waals surface area contributed by atoms with Crippen molar-refractivity contribution in [1.82, 2.24) is 20.2 Å². The zero-order valence-electron chi connectivity index (χ0n) is 9.72. The van der Waals surface area contributed by atoms with Gasteiger partial charge < -0.3 is 4.74 Å². The molecule has 0 atom stereocenters. The smallest absolute Gasteiger partial charge is 0.218 e. The molecule has 0 bridgehead atoms. The molecule has 2 aromatic rings. The summed E-state index contributed by atoms with van der Waals surface area (Å²) in [5, 5.41) is 11.3. The molecule has 2 rings (SSSR count). The van der Waals surface area contributed by atoms with Gasteiger partial charge in [0.05, 0.1) is 13.7 Å². The molecule has 5 nitrogen and oxygen atoms in total. The van der Waals surface area contributed by atoms with Gasteiger partial charge in [-0.1, -0.05) is 19.1 Å². The first kappa shape index (κ1) is 12.0. The van der Waals surface area contributed by atoms with Gasteiger partial charge in [0.25, 0.3) is 0 Å². The molecule has 1 heterocycles. The van der Waals surface area contributed by atoms with Gasteiger partial charge in [0.15, 0.2) is 0 Å². The SMILES string of the molecule is CCc1ccc(OC)c(Cn2nnnc2Br)c1. The average Bonchev–Trinajstić information content (AvgIpc) is 2.75. The van der Waals surface area contributed by atoms with Crippen molar-refractivity contribution in [2.45, 2.75) is 19.9 Å². The zero-order valence-corrected chi connectivity index (χ0v) is 11.3. The minimum atomic E-state index is 0.588. The molecule has 0 N–H and O–H groups in total. The van der Waals surface area contributed by atoms with E-state index in [1.165, 1.54) is 5.56 Å². The number of hydrogen-bond acceptors (Lipinski definition) is 4. The summed E-state index contributed by atoms with van der Waals surface area (Å²) in [6.45, 7) is 2.71. The monoisotopic (exact) mass is 296 g/mol. The normalized spacial score (nSPS) is 10.5. The lowest BCUT2D eigenvalue weighted by molar-refractivity contribution is 0.406. The molecule has 0 fully saturated rings. The van der Waals surface area contributed by atoms with E-state index < -0.39 is 0 Å². The third kappa shape index (κ3) is 2.63. The number of methoxy groups -OCH3 is 1. The third-order valence-corrected chi connectivity index (χ3v) is 3.13. The van der Waals surface area contributed by atoms with E-state index in [1.54, 1.807) is 11.8 Å². The Morgan fingerprint density at radius 1 is 1.41 bits per heavy atom. The minimum Gasteiger partial charge on any atom is -0.496 e. The van der Waals surface area contributed by atoms with Gasteiger partial charge in [-0.05, 0) is 44.4 Å². The molecule has 90 valence electrons. The molecule has 0 amide bonds. The second-order valence-electron chi connectivity index (χ2n) is 3.61. The lowest BCUT2D eigenvalue weighted by Crippen LogP contribution is -2.05. The van der Waals surface area contributed by atoms with Gasteiger partial charge in [-0.15, -0.1) is 5.10 Å². The number of aryl methyl sites for hydroxylation is 1. The Hall–Kier alpha value is -1.43. The lowest BCUT2D eigenvalue weighted by atomic mass is 10.1. The van der Waals surface area contributed by atoms with Crippen molar-refractivity contribution in [2.75, 3.05) is 7.11 Å². The van der Waals surface area contributed by atoms with Crippen LogP contribution in [0.5, 0.6) is 5.75 Å². The van der Waals surface area contributed by atoms with Gasteiger partial charge in [-0.25, -0.2) is 4.68 Å². The summed E-state index contributed by atoms with van der Waals surface area (Å²) in [6, 6.07) is 6.16. The molecule has 0 aliphatic carbocycles. The van der Waals surface area contributed by atoms with E-state index >= 15 is 0 Å². The standard InChI is InChI=1S/C11H13BrN4O/c1-3-8-4-5-10(17-2)9(6-8)7-16-11(12)13-14-15-16/h4-6H,3,7H2,1-2H3. The van der Waals surface area contributed by atoms with Crippen molar-refractivity contribution in [3.8, 4) is 5.75 Å². The molecule has 0 unspecified atom stereocenters. The molecule has 0 spiro atoms. The summed E-state index contributed by atoms with van der Waals surface area (Å²) >= 11 is 3.29. The van der Waals surface area contributed by atoms with Crippen molar-refractivity contribution in [3.63, 3.8) is 0 Å². The van der Waals surface area contributed by atoms with E-state index in [4.69, 9.17) is 4.74 Å². The van der Waals surface area contributed by atoms with Crippen molar-refractivity contribution < 1.29 is 4.74 Å². The topological polar surface area (TPSA) is 52.8 Å². The van der Waals surface area contributed by atoms with E-state index in [9.17, 15) is 0 Å². The number of ether oxygens (including phenoxy) is 1. The Bertz CT molecular complexity index is 512. The maximum atomic E-state index is 5.34. The summed E-state index contributed by atoms with van der Waals surface area (Å²) in [4.78, 5) is 0. The first-order chi connectivity index (χ1) is 8.24. The molecular formula is C11H13BrN4O. The van der Waals surface area contributed by atoms with Gasteiger partial charge in [-0.3, -0.25) is 0 Å². The van der Waals surface area contributed by atoms with Crippen LogP contribution in [-0.2, 0) is 13.0 Å². The average molecular weight is 297 g/mol. The first-order valence-electron chi connectivity index (χ1n) is 5.32. The highest BCUT2D eigenvalue weighted by molar-refractivity contribution is 9.10. The number of tetrazole rings is 1. The van der Waals surface area contributed by atoms with E-state index in [1.807, 2.05) is 6.07 Å². The number of rotatable bonds is 4. The highest BCUT2D eigenvalue weighted by atomic mass is 79.9. The Morgan fingerprint density at radius 3 is 2.82 bits per heavy atom. The van der Waals surface area contributed by atoms with Crippen LogP contribution < -0.4 is 4.74 Å². The fourth-order valence-corrected chi connectivity index (χ4v) is 1.89. The predicted molar refractivity (Wildman–Crippen MR) is 67.0 cm³/mol. The molecule has 1 aromatic heterocycles. The minimum absolute atomic E-state index is 0.588. The maximum Gasteiger partial charge on any atom is 0.218 e. The van der Waals surface area contributed by atoms with Gasteiger partial charge in [0, 0.05) is 5.56 Å². The van der Waals surface area contributed by atoms with Gasteiger partial charge in [0.2, 0.25) is 4.73 Å². The van der Waals surface area contributed by atoms with Crippen LogP contribution in [0.1, 0.15) is 18.1 Å². The number of hydrogen-bond donors (Lipinski definition) is 0. The Kier molecular flexibility index (Phi) is 3.73. The van der Waals surface area contributed by atoms with Crippen LogP contribution in [0.3, 0.4) is 0 Å². The molecule has 0 aliphatic heterocycles. The van der Waals surface area contributed by atoms with Gasteiger partial charge in [-0.2, -0.15) is 0 Å². The molecule has 0 saturated heterocycles. The predicted octanol–water partition coefficient (Wildman–Crippen LogP) is 2.05. The Balaban J connectivity index is 2.33. The van der Waals surface area contributed by atoms with E-state index in [-0.39, 0.29) is 0 Å². The van der Waals surface area contributed by atoms with Crippen LogP contribution in [0.15, 0.2) is 22.9 Å². The van der Waals surface area contributed by atoms with Gasteiger partial charge >= 0.3 is 0 Å². The molecular weight excluding hydrogens is 284 g/mol.